The van der Waals surface area contributed by atoms with Crippen LogP contribution in [0.5, 0.6) is 11.5 Å². The van der Waals surface area contributed by atoms with Gasteiger partial charge in [-0.2, -0.15) is 0 Å². The Kier molecular flexibility index (Phi) is 6.57. The number of ether oxygens (including phenoxy) is 2. The zero-order chi connectivity index (χ0) is 23.5. The summed E-state index contributed by atoms with van der Waals surface area (Å²) in [4.78, 5) is 39.0. The normalized spacial score (nSPS) is 14.8. The Labute approximate surface area is 199 Å². The molecule has 1 aliphatic heterocycles. The predicted octanol–water partition coefficient (Wildman–Crippen LogP) is 5.19. The lowest BCUT2D eigenvalue weighted by Gasteiger charge is -2.13. The molecule has 1 aliphatic rings. The van der Waals surface area contributed by atoms with Crippen LogP contribution in [0.3, 0.4) is 0 Å². The molecule has 3 amide bonds. The number of imide groups is 1. The summed E-state index contributed by atoms with van der Waals surface area (Å²) in [6.07, 6.45) is 1.53. The lowest BCUT2D eigenvalue weighted by atomic mass is 10.1. The van der Waals surface area contributed by atoms with Gasteiger partial charge < -0.3 is 14.8 Å². The number of nitrogens with one attached hydrogen (secondary N) is 1. The minimum atomic E-state index is -0.552. The molecule has 0 atom stereocenters. The molecule has 1 fully saturated rings. The molecule has 0 spiro atoms. The molecule has 0 aromatic heterocycles. The third-order valence-electron chi connectivity index (χ3n) is 4.99. The number of hydrogen-bond donors (Lipinski definition) is 1. The van der Waals surface area contributed by atoms with E-state index in [2.05, 4.69) is 5.32 Å². The minimum absolute atomic E-state index is 0.182. The highest BCUT2D eigenvalue weighted by Crippen LogP contribution is 2.38. The summed E-state index contributed by atoms with van der Waals surface area (Å²) in [7, 11) is 2.94. The molecule has 0 saturated carbocycles. The van der Waals surface area contributed by atoms with Gasteiger partial charge in [0.25, 0.3) is 11.1 Å². The topological polar surface area (TPSA) is 84.9 Å². The molecule has 3 aromatic rings. The quantitative estimate of drug-likeness (QED) is 0.487. The fourth-order valence-electron chi connectivity index (χ4n) is 3.48. The first-order valence-electron chi connectivity index (χ1n) is 9.85. The van der Waals surface area contributed by atoms with Crippen LogP contribution >= 0.6 is 23.4 Å². The van der Waals surface area contributed by atoms with E-state index in [4.69, 9.17) is 21.1 Å². The summed E-state index contributed by atoms with van der Waals surface area (Å²) in [6, 6.07) is 16.4. The van der Waals surface area contributed by atoms with Crippen LogP contribution in [0.1, 0.15) is 5.56 Å². The van der Waals surface area contributed by atoms with Crippen LogP contribution in [-0.4, -0.2) is 42.7 Å². The van der Waals surface area contributed by atoms with E-state index in [9.17, 15) is 14.4 Å². The van der Waals surface area contributed by atoms with E-state index in [-0.39, 0.29) is 4.91 Å². The number of thioether (sulfide) groups is 1. The number of anilines is 1. The average Bonchev–Trinajstić information content (AvgIpc) is 3.06. The number of nitrogens with zero attached hydrogens (tertiary/aromatic N) is 1. The number of carbonyl (C=O) groups is 3. The van der Waals surface area contributed by atoms with Crippen molar-refractivity contribution in [2.75, 3.05) is 26.1 Å². The minimum Gasteiger partial charge on any atom is -0.493 e. The van der Waals surface area contributed by atoms with Crippen molar-refractivity contribution in [3.05, 3.63) is 70.1 Å². The van der Waals surface area contributed by atoms with E-state index in [0.717, 1.165) is 27.4 Å². The van der Waals surface area contributed by atoms with Gasteiger partial charge in [-0.15, -0.1) is 0 Å². The predicted molar refractivity (Wildman–Crippen MR) is 130 cm³/mol. The van der Waals surface area contributed by atoms with Crippen LogP contribution in [0.25, 0.3) is 16.8 Å². The van der Waals surface area contributed by atoms with Crippen LogP contribution in [-0.2, 0) is 9.59 Å². The van der Waals surface area contributed by atoms with Crippen molar-refractivity contribution < 1.29 is 23.9 Å². The van der Waals surface area contributed by atoms with Crippen molar-refractivity contribution in [3.63, 3.8) is 0 Å². The second kappa shape index (κ2) is 9.56. The highest BCUT2D eigenvalue weighted by atomic mass is 35.5. The summed E-state index contributed by atoms with van der Waals surface area (Å²) in [5.74, 6) is -0.257. The summed E-state index contributed by atoms with van der Waals surface area (Å²) in [5.41, 5.74) is 1.17. The van der Waals surface area contributed by atoms with E-state index in [1.807, 2.05) is 36.4 Å². The molecule has 0 unspecified atom stereocenters. The van der Waals surface area contributed by atoms with Crippen molar-refractivity contribution in [1.82, 2.24) is 4.90 Å². The first kappa shape index (κ1) is 22.7. The lowest BCUT2D eigenvalue weighted by Crippen LogP contribution is -2.36. The number of hydrogen-bond acceptors (Lipinski definition) is 6. The van der Waals surface area contributed by atoms with Crippen LogP contribution in [0.2, 0.25) is 5.02 Å². The fraction of sp³-hybridized carbons (Fsp3) is 0.125. The first-order chi connectivity index (χ1) is 15.9. The molecule has 0 radical (unpaired) electrons. The van der Waals surface area contributed by atoms with Gasteiger partial charge in [-0.25, -0.2) is 0 Å². The van der Waals surface area contributed by atoms with E-state index in [0.29, 0.717) is 27.8 Å². The Morgan fingerprint density at radius 1 is 1.09 bits per heavy atom. The Hall–Kier alpha value is -3.49. The molecular formula is C24H19ClN2O5S. The third-order valence-corrected chi connectivity index (χ3v) is 6.18. The Morgan fingerprint density at radius 2 is 1.85 bits per heavy atom. The smallest absolute Gasteiger partial charge is 0.294 e. The number of rotatable bonds is 6. The van der Waals surface area contributed by atoms with E-state index < -0.39 is 23.6 Å². The molecule has 7 nitrogen and oxygen atoms in total. The highest BCUT2D eigenvalue weighted by molar-refractivity contribution is 8.18. The highest BCUT2D eigenvalue weighted by Gasteiger charge is 2.36. The van der Waals surface area contributed by atoms with Crippen LogP contribution in [0.4, 0.5) is 10.5 Å². The first-order valence-corrected chi connectivity index (χ1v) is 11.0. The van der Waals surface area contributed by atoms with Gasteiger partial charge in [-0.05, 0) is 47.0 Å². The van der Waals surface area contributed by atoms with E-state index >= 15 is 0 Å². The molecule has 168 valence electrons. The number of carbonyl (C=O) groups excluding carboxylic acids is 3. The van der Waals surface area contributed by atoms with E-state index in [1.165, 1.54) is 20.3 Å². The zero-order valence-corrected chi connectivity index (χ0v) is 19.3. The van der Waals surface area contributed by atoms with Crippen molar-refractivity contribution in [3.8, 4) is 11.5 Å². The number of fused-ring (bicyclic) bond motifs is 1. The monoisotopic (exact) mass is 482 g/mol. The maximum absolute atomic E-state index is 12.8. The van der Waals surface area contributed by atoms with Gasteiger partial charge >= 0.3 is 0 Å². The number of halogens is 1. The molecule has 1 saturated heterocycles. The van der Waals surface area contributed by atoms with Crippen molar-refractivity contribution >= 4 is 63.0 Å². The Morgan fingerprint density at radius 3 is 2.61 bits per heavy atom. The van der Waals surface area contributed by atoms with Crippen molar-refractivity contribution in [1.29, 1.82) is 0 Å². The van der Waals surface area contributed by atoms with Gasteiger partial charge in [-0.3, -0.25) is 19.3 Å². The van der Waals surface area contributed by atoms with Gasteiger partial charge in [-0.1, -0.05) is 48.0 Å². The number of methoxy groups -OCH3 is 2. The molecule has 9 heteroatoms. The maximum atomic E-state index is 12.8. The third kappa shape index (κ3) is 4.67. The molecule has 0 bridgehead atoms. The molecule has 1 heterocycles. The molecule has 1 N–H and O–H groups in total. The second-order valence-corrected chi connectivity index (χ2v) is 8.48. The van der Waals surface area contributed by atoms with Crippen LogP contribution in [0.15, 0.2) is 59.5 Å². The maximum Gasteiger partial charge on any atom is 0.294 e. The molecule has 0 aliphatic carbocycles. The Balaban J connectivity index is 1.51. The SMILES string of the molecule is COc1cc(/C=C2\SC(=O)N(CC(=O)Nc3cccc4ccccc34)C2=O)cc(Cl)c1OC. The molecule has 33 heavy (non-hydrogen) atoms. The lowest BCUT2D eigenvalue weighted by molar-refractivity contribution is -0.127. The number of amides is 3. The summed E-state index contributed by atoms with van der Waals surface area (Å²) < 4.78 is 10.5. The largest absolute Gasteiger partial charge is 0.493 e. The van der Waals surface area contributed by atoms with Gasteiger partial charge in [0.05, 0.1) is 24.1 Å². The molecule has 4 rings (SSSR count). The van der Waals surface area contributed by atoms with Gasteiger partial charge in [0.2, 0.25) is 5.91 Å². The summed E-state index contributed by atoms with van der Waals surface area (Å²) in [6.45, 7) is -0.391. The van der Waals surface area contributed by atoms with Crippen LogP contribution < -0.4 is 14.8 Å². The number of benzene rings is 3. The summed E-state index contributed by atoms with van der Waals surface area (Å²) in [5, 5.41) is 4.41. The second-order valence-electron chi connectivity index (χ2n) is 7.08. The summed E-state index contributed by atoms with van der Waals surface area (Å²) >= 11 is 6.98. The van der Waals surface area contributed by atoms with Gasteiger partial charge in [0.15, 0.2) is 11.5 Å². The standard InChI is InChI=1S/C24H19ClN2O5S/c1-31-19-11-14(10-17(25)22(19)32-2)12-20-23(29)27(24(30)33-20)13-21(28)26-18-9-5-7-15-6-3-4-8-16(15)18/h3-12H,13H2,1-2H3,(H,26,28)/b20-12-. The van der Waals surface area contributed by atoms with E-state index in [1.54, 1.807) is 18.2 Å². The van der Waals surface area contributed by atoms with Gasteiger partial charge in [0.1, 0.15) is 6.54 Å². The van der Waals surface area contributed by atoms with Gasteiger partial charge in [0, 0.05) is 11.1 Å². The van der Waals surface area contributed by atoms with Crippen molar-refractivity contribution in [2.45, 2.75) is 0 Å². The average molecular weight is 483 g/mol. The fourth-order valence-corrected chi connectivity index (χ4v) is 4.61. The van der Waals surface area contributed by atoms with Crippen molar-refractivity contribution in [2.24, 2.45) is 0 Å². The van der Waals surface area contributed by atoms with Crippen LogP contribution in [0, 0.1) is 0 Å². The zero-order valence-electron chi connectivity index (χ0n) is 17.8. The Bertz CT molecular complexity index is 1300. The molecule has 3 aromatic carbocycles. The molecular weight excluding hydrogens is 464 g/mol.